The van der Waals surface area contributed by atoms with Crippen LogP contribution in [0.2, 0.25) is 0 Å². The molecule has 6 heteroatoms. The first kappa shape index (κ1) is 19.5. The van der Waals surface area contributed by atoms with Crippen molar-refractivity contribution in [2.45, 2.75) is 77.1 Å². The summed E-state index contributed by atoms with van der Waals surface area (Å²) in [5.41, 5.74) is -0.426. The highest BCUT2D eigenvalue weighted by Gasteiger charge is 2.26. The normalized spacial score (nSPS) is 27.4. The van der Waals surface area contributed by atoms with Crippen LogP contribution in [0, 0.1) is 0 Å². The van der Waals surface area contributed by atoms with E-state index in [9.17, 15) is 4.79 Å². The maximum Gasteiger partial charge on any atom is 0.410 e. The maximum absolute atomic E-state index is 12.2. The van der Waals surface area contributed by atoms with Crippen LogP contribution >= 0.6 is 0 Å². The van der Waals surface area contributed by atoms with Crippen LogP contribution in [0.15, 0.2) is 0 Å². The zero-order chi connectivity index (χ0) is 17.6. The summed E-state index contributed by atoms with van der Waals surface area (Å²) in [6.07, 6.45) is 4.01. The molecule has 6 nitrogen and oxygen atoms in total. The van der Waals surface area contributed by atoms with Crippen molar-refractivity contribution >= 4 is 6.09 Å². The van der Waals surface area contributed by atoms with Crippen LogP contribution in [0.1, 0.15) is 53.4 Å². The van der Waals surface area contributed by atoms with Crippen LogP contribution in [0.25, 0.3) is 0 Å². The third kappa shape index (κ3) is 6.95. The zero-order valence-corrected chi connectivity index (χ0v) is 15.8. The molecule has 3 atom stereocenters. The summed E-state index contributed by atoms with van der Waals surface area (Å²) in [6, 6.07) is 1.37. The van der Waals surface area contributed by atoms with Crippen molar-refractivity contribution in [1.82, 2.24) is 15.5 Å². The summed E-state index contributed by atoms with van der Waals surface area (Å²) < 4.78 is 11.0. The Morgan fingerprint density at radius 1 is 1.38 bits per heavy atom. The zero-order valence-electron chi connectivity index (χ0n) is 15.8. The van der Waals surface area contributed by atoms with Gasteiger partial charge in [0.05, 0.1) is 13.2 Å². The predicted octanol–water partition coefficient (Wildman–Crippen LogP) is 2.13. The van der Waals surface area contributed by atoms with E-state index < -0.39 is 5.60 Å². The molecule has 2 N–H and O–H groups in total. The molecule has 0 saturated carbocycles. The molecule has 0 aromatic carbocycles. The SMILES string of the molecule is CC(CC1COCCN1)NC1CCCN(C(=O)OC(C)(C)C)CC1. The lowest BCUT2D eigenvalue weighted by molar-refractivity contribution is 0.0256. The molecule has 3 unspecified atom stereocenters. The van der Waals surface area contributed by atoms with Crippen LogP contribution in [0.5, 0.6) is 0 Å². The molecular weight excluding hydrogens is 306 g/mol. The molecule has 2 saturated heterocycles. The van der Waals surface area contributed by atoms with Gasteiger partial charge in [-0.3, -0.25) is 0 Å². The molecule has 2 rings (SSSR count). The van der Waals surface area contributed by atoms with Crippen molar-refractivity contribution in [2.75, 3.05) is 32.8 Å². The fourth-order valence-corrected chi connectivity index (χ4v) is 3.44. The molecule has 24 heavy (non-hydrogen) atoms. The van der Waals surface area contributed by atoms with Crippen LogP contribution in [0.4, 0.5) is 4.79 Å². The van der Waals surface area contributed by atoms with Gasteiger partial charge in [0.25, 0.3) is 0 Å². The number of nitrogens with zero attached hydrogens (tertiary/aromatic N) is 1. The second-order valence-corrected chi connectivity index (χ2v) is 8.12. The minimum atomic E-state index is -0.426. The highest BCUT2D eigenvalue weighted by Crippen LogP contribution is 2.16. The molecule has 0 aliphatic carbocycles. The molecule has 1 amide bonds. The Hall–Kier alpha value is -0.850. The van der Waals surface area contributed by atoms with Gasteiger partial charge in [0, 0.05) is 37.8 Å². The van der Waals surface area contributed by atoms with Crippen molar-refractivity contribution in [3.05, 3.63) is 0 Å². The van der Waals surface area contributed by atoms with Gasteiger partial charge in [-0.25, -0.2) is 4.79 Å². The predicted molar refractivity (Wildman–Crippen MR) is 95.3 cm³/mol. The Bertz CT molecular complexity index is 391. The Labute approximate surface area is 146 Å². The molecule has 0 bridgehead atoms. The lowest BCUT2D eigenvalue weighted by atomic mass is 10.0. The van der Waals surface area contributed by atoms with E-state index in [2.05, 4.69) is 17.6 Å². The van der Waals surface area contributed by atoms with Crippen molar-refractivity contribution < 1.29 is 14.3 Å². The number of carbonyl (C=O) groups is 1. The number of rotatable bonds is 4. The summed E-state index contributed by atoms with van der Waals surface area (Å²) in [5, 5.41) is 7.25. The Morgan fingerprint density at radius 2 is 2.17 bits per heavy atom. The lowest BCUT2D eigenvalue weighted by Crippen LogP contribution is -2.47. The average Bonchev–Trinajstić information content (AvgIpc) is 2.72. The summed E-state index contributed by atoms with van der Waals surface area (Å²) in [7, 11) is 0. The molecule has 0 spiro atoms. The van der Waals surface area contributed by atoms with E-state index in [1.54, 1.807) is 0 Å². The molecule has 2 aliphatic rings. The number of hydrogen-bond acceptors (Lipinski definition) is 5. The number of amides is 1. The van der Waals surface area contributed by atoms with Crippen molar-refractivity contribution in [2.24, 2.45) is 0 Å². The molecule has 0 aromatic heterocycles. The fourth-order valence-electron chi connectivity index (χ4n) is 3.44. The molecule has 140 valence electrons. The van der Waals surface area contributed by atoms with Gasteiger partial charge in [0.15, 0.2) is 0 Å². The van der Waals surface area contributed by atoms with Crippen molar-refractivity contribution in [3.8, 4) is 0 Å². The van der Waals surface area contributed by atoms with E-state index in [0.717, 1.165) is 58.5 Å². The number of ether oxygens (including phenoxy) is 2. The lowest BCUT2D eigenvalue weighted by Gasteiger charge is -2.29. The third-order valence-corrected chi connectivity index (χ3v) is 4.54. The summed E-state index contributed by atoms with van der Waals surface area (Å²) in [4.78, 5) is 14.1. The minimum Gasteiger partial charge on any atom is -0.444 e. The van der Waals surface area contributed by atoms with E-state index in [4.69, 9.17) is 9.47 Å². The number of nitrogens with one attached hydrogen (secondary N) is 2. The van der Waals surface area contributed by atoms with Crippen LogP contribution < -0.4 is 10.6 Å². The molecule has 2 aliphatic heterocycles. The van der Waals surface area contributed by atoms with Crippen molar-refractivity contribution in [1.29, 1.82) is 0 Å². The molecule has 0 radical (unpaired) electrons. The van der Waals surface area contributed by atoms with Gasteiger partial charge in [0.1, 0.15) is 5.60 Å². The van der Waals surface area contributed by atoms with Gasteiger partial charge in [-0.05, 0) is 53.4 Å². The number of likely N-dealkylation sites (tertiary alicyclic amines) is 1. The monoisotopic (exact) mass is 341 g/mol. The molecular formula is C18H35N3O3. The quantitative estimate of drug-likeness (QED) is 0.820. The van der Waals surface area contributed by atoms with Gasteiger partial charge in [-0.1, -0.05) is 0 Å². The van der Waals surface area contributed by atoms with Gasteiger partial charge in [-0.2, -0.15) is 0 Å². The first-order valence-corrected chi connectivity index (χ1v) is 9.38. The highest BCUT2D eigenvalue weighted by atomic mass is 16.6. The first-order chi connectivity index (χ1) is 11.3. The van der Waals surface area contributed by atoms with E-state index >= 15 is 0 Å². The van der Waals surface area contributed by atoms with Gasteiger partial charge >= 0.3 is 6.09 Å². The Kier molecular flexibility index (Phi) is 7.32. The van der Waals surface area contributed by atoms with E-state index in [0.29, 0.717) is 18.1 Å². The third-order valence-electron chi connectivity index (χ3n) is 4.54. The number of hydrogen-bond donors (Lipinski definition) is 2. The largest absolute Gasteiger partial charge is 0.444 e. The van der Waals surface area contributed by atoms with Crippen molar-refractivity contribution in [3.63, 3.8) is 0 Å². The molecule has 2 heterocycles. The average molecular weight is 341 g/mol. The molecule has 2 fully saturated rings. The van der Waals surface area contributed by atoms with E-state index in [1.807, 2.05) is 25.7 Å². The minimum absolute atomic E-state index is 0.181. The first-order valence-electron chi connectivity index (χ1n) is 9.38. The second kappa shape index (κ2) is 9.02. The van der Waals surface area contributed by atoms with Gasteiger partial charge < -0.3 is 25.0 Å². The standard InChI is InChI=1S/C18H35N3O3/c1-14(12-16-13-23-11-8-19-16)20-15-6-5-9-21(10-7-15)17(22)24-18(2,3)4/h14-16,19-20H,5-13H2,1-4H3. The van der Waals surface area contributed by atoms with Crippen LogP contribution in [-0.2, 0) is 9.47 Å². The highest BCUT2D eigenvalue weighted by molar-refractivity contribution is 5.68. The van der Waals surface area contributed by atoms with E-state index in [-0.39, 0.29) is 6.09 Å². The Morgan fingerprint density at radius 3 is 2.83 bits per heavy atom. The number of carbonyl (C=O) groups excluding carboxylic acids is 1. The second-order valence-electron chi connectivity index (χ2n) is 8.12. The summed E-state index contributed by atoms with van der Waals surface area (Å²) >= 11 is 0. The van der Waals surface area contributed by atoms with Crippen LogP contribution in [0.3, 0.4) is 0 Å². The maximum atomic E-state index is 12.2. The smallest absolute Gasteiger partial charge is 0.410 e. The molecule has 0 aromatic rings. The summed E-state index contributed by atoms with van der Waals surface area (Å²) in [6.45, 7) is 12.1. The fraction of sp³-hybridized carbons (Fsp3) is 0.944. The van der Waals surface area contributed by atoms with Crippen LogP contribution in [-0.4, -0.2) is 67.6 Å². The number of morpholine rings is 1. The van der Waals surface area contributed by atoms with E-state index in [1.165, 1.54) is 0 Å². The topological polar surface area (TPSA) is 62.8 Å². The Balaban J connectivity index is 1.73. The van der Waals surface area contributed by atoms with Gasteiger partial charge in [0.2, 0.25) is 0 Å². The summed E-state index contributed by atoms with van der Waals surface area (Å²) in [5.74, 6) is 0. The van der Waals surface area contributed by atoms with Gasteiger partial charge in [-0.15, -0.1) is 0 Å².